The van der Waals surface area contributed by atoms with E-state index in [0.717, 1.165) is 33.3 Å². The Kier molecular flexibility index (Phi) is 4.05. The average molecular weight is 345 g/mol. The van der Waals surface area contributed by atoms with Gasteiger partial charge in [0.25, 0.3) is 0 Å². The molecule has 5 heteroatoms. The van der Waals surface area contributed by atoms with E-state index in [9.17, 15) is 0 Å². The number of pyridine rings is 1. The molecule has 0 saturated heterocycles. The van der Waals surface area contributed by atoms with Crippen LogP contribution in [0.4, 0.5) is 0 Å². The highest BCUT2D eigenvalue weighted by Crippen LogP contribution is 2.38. The van der Waals surface area contributed by atoms with Gasteiger partial charge in [-0.25, -0.2) is 4.98 Å². The van der Waals surface area contributed by atoms with E-state index in [0.29, 0.717) is 11.5 Å². The third-order valence-corrected chi connectivity index (χ3v) is 4.40. The lowest BCUT2D eigenvalue weighted by Crippen LogP contribution is -1.94. The van der Waals surface area contributed by atoms with E-state index in [4.69, 9.17) is 14.5 Å². The topological polar surface area (TPSA) is 49.2 Å². The van der Waals surface area contributed by atoms with Gasteiger partial charge in [0.15, 0.2) is 11.5 Å². The highest BCUT2D eigenvalue weighted by atomic mass is 16.5. The highest BCUT2D eigenvalue weighted by molar-refractivity contribution is 5.98. The summed E-state index contributed by atoms with van der Waals surface area (Å²) in [6.07, 6.45) is 3.79. The van der Waals surface area contributed by atoms with Crippen LogP contribution < -0.4 is 9.47 Å². The summed E-state index contributed by atoms with van der Waals surface area (Å²) in [7, 11) is 5.17. The number of aromatic nitrogens is 3. The monoisotopic (exact) mass is 345 g/mol. The molecule has 2 aromatic carbocycles. The molecule has 2 heterocycles. The summed E-state index contributed by atoms with van der Waals surface area (Å²) < 4.78 is 12.7. The Labute approximate surface area is 151 Å². The summed E-state index contributed by atoms with van der Waals surface area (Å²) in [4.78, 5) is 4.84. The maximum absolute atomic E-state index is 5.49. The summed E-state index contributed by atoms with van der Waals surface area (Å²) in [6, 6.07) is 16.3. The van der Waals surface area contributed by atoms with Crippen LogP contribution in [0.25, 0.3) is 33.3 Å². The SMILES string of the molecule is COc1cc2nc(-c3cnn(C)c3)cc(-c3ccccc3)c2cc1OC. The first-order valence-corrected chi connectivity index (χ1v) is 8.31. The molecule has 0 saturated carbocycles. The molecule has 0 atom stereocenters. The summed E-state index contributed by atoms with van der Waals surface area (Å²) in [5.74, 6) is 1.35. The van der Waals surface area contributed by atoms with Gasteiger partial charge in [-0.1, -0.05) is 30.3 Å². The molecule has 5 nitrogen and oxygen atoms in total. The minimum Gasteiger partial charge on any atom is -0.493 e. The number of rotatable bonds is 4. The number of ether oxygens (including phenoxy) is 2. The van der Waals surface area contributed by atoms with E-state index in [1.807, 2.05) is 49.8 Å². The number of benzene rings is 2. The predicted molar refractivity (Wildman–Crippen MR) is 102 cm³/mol. The molecular weight excluding hydrogens is 326 g/mol. The van der Waals surface area contributed by atoms with Crippen LogP contribution in [0.2, 0.25) is 0 Å². The molecule has 0 fully saturated rings. The lowest BCUT2D eigenvalue weighted by atomic mass is 9.98. The Morgan fingerprint density at radius 2 is 1.62 bits per heavy atom. The fourth-order valence-corrected chi connectivity index (χ4v) is 3.11. The van der Waals surface area contributed by atoms with E-state index in [1.54, 1.807) is 18.9 Å². The molecule has 130 valence electrons. The molecule has 0 spiro atoms. The Bertz CT molecular complexity index is 1070. The van der Waals surface area contributed by atoms with Crippen molar-refractivity contribution in [1.82, 2.24) is 14.8 Å². The molecule has 0 amide bonds. The van der Waals surface area contributed by atoms with Crippen LogP contribution in [0.1, 0.15) is 0 Å². The van der Waals surface area contributed by atoms with Crippen LogP contribution >= 0.6 is 0 Å². The van der Waals surface area contributed by atoms with E-state index < -0.39 is 0 Å². The average Bonchev–Trinajstić information content (AvgIpc) is 3.13. The van der Waals surface area contributed by atoms with Crippen LogP contribution in [0, 0.1) is 0 Å². The Morgan fingerprint density at radius 3 is 2.27 bits per heavy atom. The number of nitrogens with zero attached hydrogens (tertiary/aromatic N) is 3. The minimum absolute atomic E-state index is 0.662. The van der Waals surface area contributed by atoms with Crippen molar-refractivity contribution in [2.75, 3.05) is 14.2 Å². The second kappa shape index (κ2) is 6.52. The van der Waals surface area contributed by atoms with Crippen molar-refractivity contribution in [1.29, 1.82) is 0 Å². The first-order chi connectivity index (χ1) is 12.7. The quantitative estimate of drug-likeness (QED) is 0.553. The first-order valence-electron chi connectivity index (χ1n) is 8.31. The molecule has 0 aliphatic heterocycles. The molecule has 0 unspecified atom stereocenters. The van der Waals surface area contributed by atoms with Crippen molar-refractivity contribution >= 4 is 10.9 Å². The molecule has 0 aliphatic carbocycles. The summed E-state index contributed by atoms with van der Waals surface area (Å²) in [5.41, 5.74) is 4.91. The van der Waals surface area contributed by atoms with Gasteiger partial charge in [0, 0.05) is 30.3 Å². The Morgan fingerprint density at radius 1 is 0.885 bits per heavy atom. The van der Waals surface area contributed by atoms with Crippen molar-refractivity contribution in [3.8, 4) is 33.9 Å². The van der Waals surface area contributed by atoms with Gasteiger partial charge >= 0.3 is 0 Å². The zero-order valence-electron chi connectivity index (χ0n) is 14.9. The fraction of sp³-hybridized carbons (Fsp3) is 0.143. The Hall–Kier alpha value is -3.34. The summed E-state index contributed by atoms with van der Waals surface area (Å²) in [5, 5.41) is 5.28. The second-order valence-corrected chi connectivity index (χ2v) is 6.05. The third-order valence-electron chi connectivity index (χ3n) is 4.40. The van der Waals surface area contributed by atoms with Crippen molar-refractivity contribution in [3.05, 3.63) is 60.9 Å². The normalized spacial score (nSPS) is 10.9. The van der Waals surface area contributed by atoms with Gasteiger partial charge in [-0.05, 0) is 23.3 Å². The van der Waals surface area contributed by atoms with Gasteiger partial charge < -0.3 is 9.47 Å². The molecule has 4 aromatic rings. The molecule has 0 N–H and O–H groups in total. The van der Waals surface area contributed by atoms with Crippen molar-refractivity contribution in [2.24, 2.45) is 7.05 Å². The van der Waals surface area contributed by atoms with E-state index in [2.05, 4.69) is 23.3 Å². The van der Waals surface area contributed by atoms with Gasteiger partial charge in [-0.15, -0.1) is 0 Å². The maximum atomic E-state index is 5.49. The second-order valence-electron chi connectivity index (χ2n) is 6.05. The van der Waals surface area contributed by atoms with Crippen LogP contribution in [0.15, 0.2) is 60.9 Å². The van der Waals surface area contributed by atoms with Crippen molar-refractivity contribution < 1.29 is 9.47 Å². The number of fused-ring (bicyclic) bond motifs is 1. The molecule has 2 aromatic heterocycles. The first kappa shape index (κ1) is 16.1. The van der Waals surface area contributed by atoms with Crippen LogP contribution in [-0.2, 0) is 7.05 Å². The zero-order chi connectivity index (χ0) is 18.1. The minimum atomic E-state index is 0.662. The molecular formula is C21H19N3O2. The third kappa shape index (κ3) is 2.77. The standard InChI is InChI=1S/C21H19N3O2/c1-24-13-15(12-22-24)18-9-16(14-7-5-4-6-8-14)17-10-20(25-2)21(26-3)11-19(17)23-18/h4-13H,1-3H3. The number of hydrogen-bond donors (Lipinski definition) is 0. The molecule has 0 aliphatic rings. The predicted octanol–water partition coefficient (Wildman–Crippen LogP) is 4.32. The van der Waals surface area contributed by atoms with Crippen molar-refractivity contribution in [2.45, 2.75) is 0 Å². The van der Waals surface area contributed by atoms with Crippen molar-refractivity contribution in [3.63, 3.8) is 0 Å². The van der Waals surface area contributed by atoms with E-state index >= 15 is 0 Å². The maximum Gasteiger partial charge on any atom is 0.162 e. The van der Waals surface area contributed by atoms with Gasteiger partial charge in [0.05, 0.1) is 31.6 Å². The number of methoxy groups -OCH3 is 2. The van der Waals surface area contributed by atoms with Gasteiger partial charge in [-0.3, -0.25) is 4.68 Å². The highest BCUT2D eigenvalue weighted by Gasteiger charge is 2.14. The van der Waals surface area contributed by atoms with Gasteiger partial charge in [0.1, 0.15) is 0 Å². The molecule has 4 rings (SSSR count). The largest absolute Gasteiger partial charge is 0.493 e. The molecule has 0 radical (unpaired) electrons. The van der Waals surface area contributed by atoms with Crippen LogP contribution in [0.5, 0.6) is 11.5 Å². The fourth-order valence-electron chi connectivity index (χ4n) is 3.11. The number of aryl methyl sites for hydroxylation is 1. The lowest BCUT2D eigenvalue weighted by Gasteiger charge is -2.13. The summed E-state index contributed by atoms with van der Waals surface area (Å²) in [6.45, 7) is 0. The molecule has 0 bridgehead atoms. The van der Waals surface area contributed by atoms with E-state index in [-0.39, 0.29) is 0 Å². The van der Waals surface area contributed by atoms with E-state index in [1.165, 1.54) is 0 Å². The Balaban J connectivity index is 2.04. The van der Waals surface area contributed by atoms with Gasteiger partial charge in [0.2, 0.25) is 0 Å². The molecule has 26 heavy (non-hydrogen) atoms. The van der Waals surface area contributed by atoms with Crippen LogP contribution in [-0.4, -0.2) is 29.0 Å². The number of hydrogen-bond acceptors (Lipinski definition) is 4. The van der Waals surface area contributed by atoms with Gasteiger partial charge in [-0.2, -0.15) is 5.10 Å². The zero-order valence-corrected chi connectivity index (χ0v) is 14.9. The summed E-state index contributed by atoms with van der Waals surface area (Å²) >= 11 is 0. The lowest BCUT2D eigenvalue weighted by molar-refractivity contribution is 0.356. The smallest absolute Gasteiger partial charge is 0.162 e. The van der Waals surface area contributed by atoms with Crippen LogP contribution in [0.3, 0.4) is 0 Å².